The molecule has 0 unspecified atom stereocenters. The summed E-state index contributed by atoms with van der Waals surface area (Å²) in [5.41, 5.74) is 1.03. The van der Waals surface area contributed by atoms with Gasteiger partial charge in [0.05, 0.1) is 7.11 Å². The summed E-state index contributed by atoms with van der Waals surface area (Å²) >= 11 is 6.13. The Morgan fingerprint density at radius 2 is 2.05 bits per heavy atom. The molecule has 0 spiro atoms. The van der Waals surface area contributed by atoms with E-state index < -0.39 is 0 Å². The molecule has 5 heteroatoms. The van der Waals surface area contributed by atoms with Crippen molar-refractivity contribution in [2.45, 2.75) is 19.9 Å². The third kappa shape index (κ3) is 5.57. The molecule has 0 fully saturated rings. The first-order chi connectivity index (χ1) is 9.58. The van der Waals surface area contributed by atoms with Crippen LogP contribution in [0.4, 0.5) is 0 Å². The fraction of sp³-hybridized carbons (Fsp3) is 0.600. The standard InChI is InChI=1S/C15H25ClN2O2/c1-5-6-17-11-12-9-13(16)10-14(19-4)15(12)20-8-7-18(2)3/h9-10,17H,5-8,11H2,1-4H3. The molecule has 1 aromatic rings. The molecule has 0 bridgehead atoms. The Hall–Kier alpha value is -0.970. The maximum atomic E-state index is 6.13. The lowest BCUT2D eigenvalue weighted by Crippen LogP contribution is -2.21. The summed E-state index contributed by atoms with van der Waals surface area (Å²) in [6.45, 7) is 5.30. The van der Waals surface area contributed by atoms with Gasteiger partial charge < -0.3 is 19.7 Å². The zero-order valence-corrected chi connectivity index (χ0v) is 13.6. The van der Waals surface area contributed by atoms with Crippen molar-refractivity contribution in [1.82, 2.24) is 10.2 Å². The van der Waals surface area contributed by atoms with Gasteiger partial charge in [-0.05, 0) is 33.1 Å². The maximum Gasteiger partial charge on any atom is 0.165 e. The molecule has 1 aromatic carbocycles. The topological polar surface area (TPSA) is 33.7 Å². The summed E-state index contributed by atoms with van der Waals surface area (Å²) in [6, 6.07) is 3.72. The van der Waals surface area contributed by atoms with Crippen molar-refractivity contribution in [3.63, 3.8) is 0 Å². The molecule has 0 amide bonds. The van der Waals surface area contributed by atoms with Crippen LogP contribution in [0.5, 0.6) is 11.5 Å². The number of nitrogens with one attached hydrogen (secondary N) is 1. The summed E-state index contributed by atoms with van der Waals surface area (Å²) in [4.78, 5) is 2.08. The molecule has 20 heavy (non-hydrogen) atoms. The second kappa shape index (κ2) is 9.06. The highest BCUT2D eigenvalue weighted by Gasteiger charge is 2.12. The number of rotatable bonds is 9. The van der Waals surface area contributed by atoms with Gasteiger partial charge in [0.2, 0.25) is 0 Å². The minimum absolute atomic E-state index is 0.617. The monoisotopic (exact) mass is 300 g/mol. The summed E-state index contributed by atoms with van der Waals surface area (Å²) in [6.07, 6.45) is 1.09. The van der Waals surface area contributed by atoms with Gasteiger partial charge in [0.1, 0.15) is 6.61 Å². The number of likely N-dealkylation sites (N-methyl/N-ethyl adjacent to an activating group) is 1. The number of methoxy groups -OCH3 is 1. The van der Waals surface area contributed by atoms with Gasteiger partial charge in [0, 0.05) is 29.7 Å². The first-order valence-corrected chi connectivity index (χ1v) is 7.31. The van der Waals surface area contributed by atoms with Crippen LogP contribution in [-0.2, 0) is 6.54 Å². The predicted molar refractivity (Wildman–Crippen MR) is 84.1 cm³/mol. The number of hydrogen-bond acceptors (Lipinski definition) is 4. The lowest BCUT2D eigenvalue weighted by atomic mass is 10.1. The van der Waals surface area contributed by atoms with E-state index in [1.54, 1.807) is 13.2 Å². The second-order valence-electron chi connectivity index (χ2n) is 4.92. The predicted octanol–water partition coefficient (Wildman–Crippen LogP) is 2.79. The van der Waals surface area contributed by atoms with Crippen LogP contribution >= 0.6 is 11.6 Å². The van der Waals surface area contributed by atoms with E-state index in [9.17, 15) is 0 Å². The molecule has 0 aliphatic heterocycles. The highest BCUT2D eigenvalue weighted by molar-refractivity contribution is 6.30. The fourth-order valence-corrected chi connectivity index (χ4v) is 2.03. The molecule has 0 saturated carbocycles. The molecule has 0 aliphatic rings. The Labute approximate surface area is 127 Å². The van der Waals surface area contributed by atoms with E-state index in [0.717, 1.165) is 37.4 Å². The number of nitrogens with zero attached hydrogens (tertiary/aromatic N) is 1. The minimum Gasteiger partial charge on any atom is -0.493 e. The molecule has 1 rings (SSSR count). The molecule has 0 aromatic heterocycles. The lowest BCUT2D eigenvalue weighted by molar-refractivity contribution is 0.248. The molecule has 1 N–H and O–H groups in total. The summed E-state index contributed by atoms with van der Waals surface area (Å²) in [7, 11) is 5.67. The van der Waals surface area contributed by atoms with Crippen LogP contribution in [0, 0.1) is 0 Å². The Kier molecular flexibility index (Phi) is 7.73. The SMILES string of the molecule is CCCNCc1cc(Cl)cc(OC)c1OCCN(C)C. The van der Waals surface area contributed by atoms with Gasteiger partial charge in [0.15, 0.2) is 11.5 Å². The summed E-state index contributed by atoms with van der Waals surface area (Å²) in [5.74, 6) is 1.46. The van der Waals surface area contributed by atoms with Crippen LogP contribution < -0.4 is 14.8 Å². The van der Waals surface area contributed by atoms with Gasteiger partial charge in [-0.1, -0.05) is 18.5 Å². The van der Waals surface area contributed by atoms with E-state index in [-0.39, 0.29) is 0 Å². The Bertz CT molecular complexity index is 411. The maximum absolute atomic E-state index is 6.13. The van der Waals surface area contributed by atoms with E-state index >= 15 is 0 Å². The molecule has 0 saturated heterocycles. The first kappa shape index (κ1) is 17.1. The van der Waals surface area contributed by atoms with E-state index in [1.165, 1.54) is 0 Å². The molecule has 0 aliphatic carbocycles. The second-order valence-corrected chi connectivity index (χ2v) is 5.36. The quantitative estimate of drug-likeness (QED) is 0.711. The third-order valence-corrected chi connectivity index (χ3v) is 3.06. The van der Waals surface area contributed by atoms with E-state index in [0.29, 0.717) is 17.4 Å². The third-order valence-electron chi connectivity index (χ3n) is 2.84. The van der Waals surface area contributed by atoms with Crippen molar-refractivity contribution in [3.05, 3.63) is 22.7 Å². The number of ether oxygens (including phenoxy) is 2. The van der Waals surface area contributed by atoms with Gasteiger partial charge in [0.25, 0.3) is 0 Å². The molecule has 114 valence electrons. The first-order valence-electron chi connectivity index (χ1n) is 6.93. The minimum atomic E-state index is 0.617. The fourth-order valence-electron chi connectivity index (χ4n) is 1.80. The zero-order chi connectivity index (χ0) is 15.0. The highest BCUT2D eigenvalue weighted by Crippen LogP contribution is 2.34. The van der Waals surface area contributed by atoms with Crippen molar-refractivity contribution in [3.8, 4) is 11.5 Å². The van der Waals surface area contributed by atoms with Gasteiger partial charge >= 0.3 is 0 Å². The van der Waals surface area contributed by atoms with Crippen LogP contribution in [0.25, 0.3) is 0 Å². The average Bonchev–Trinajstić information content (AvgIpc) is 2.40. The van der Waals surface area contributed by atoms with Crippen molar-refractivity contribution < 1.29 is 9.47 Å². The van der Waals surface area contributed by atoms with Crippen LogP contribution in [0.15, 0.2) is 12.1 Å². The summed E-state index contributed by atoms with van der Waals surface area (Å²) < 4.78 is 11.3. The van der Waals surface area contributed by atoms with Gasteiger partial charge in [-0.2, -0.15) is 0 Å². The highest BCUT2D eigenvalue weighted by atomic mass is 35.5. The van der Waals surface area contributed by atoms with Crippen LogP contribution in [0.2, 0.25) is 5.02 Å². The smallest absolute Gasteiger partial charge is 0.165 e. The lowest BCUT2D eigenvalue weighted by Gasteiger charge is -2.17. The van der Waals surface area contributed by atoms with Crippen LogP contribution in [-0.4, -0.2) is 45.8 Å². The van der Waals surface area contributed by atoms with Gasteiger partial charge in [-0.3, -0.25) is 0 Å². The van der Waals surface area contributed by atoms with Gasteiger partial charge in [-0.15, -0.1) is 0 Å². The largest absolute Gasteiger partial charge is 0.493 e. The van der Waals surface area contributed by atoms with Crippen molar-refractivity contribution in [1.29, 1.82) is 0 Å². The number of benzene rings is 1. The van der Waals surface area contributed by atoms with Crippen LogP contribution in [0.1, 0.15) is 18.9 Å². The zero-order valence-electron chi connectivity index (χ0n) is 12.8. The number of hydrogen-bond donors (Lipinski definition) is 1. The Balaban J connectivity index is 2.84. The Morgan fingerprint density at radius 3 is 2.65 bits per heavy atom. The summed E-state index contributed by atoms with van der Waals surface area (Å²) in [5, 5.41) is 4.03. The van der Waals surface area contributed by atoms with Gasteiger partial charge in [-0.25, -0.2) is 0 Å². The van der Waals surface area contributed by atoms with Crippen LogP contribution in [0.3, 0.4) is 0 Å². The van der Waals surface area contributed by atoms with Crippen molar-refractivity contribution >= 4 is 11.6 Å². The molecule has 0 heterocycles. The normalized spacial score (nSPS) is 10.9. The molecular formula is C15H25ClN2O2. The van der Waals surface area contributed by atoms with E-state index in [4.69, 9.17) is 21.1 Å². The van der Waals surface area contributed by atoms with E-state index in [1.807, 2.05) is 20.2 Å². The molecular weight excluding hydrogens is 276 g/mol. The molecule has 0 radical (unpaired) electrons. The number of halogens is 1. The molecule has 0 atom stereocenters. The average molecular weight is 301 g/mol. The van der Waals surface area contributed by atoms with Crippen molar-refractivity contribution in [2.24, 2.45) is 0 Å². The van der Waals surface area contributed by atoms with E-state index in [2.05, 4.69) is 17.1 Å². The molecule has 4 nitrogen and oxygen atoms in total. The van der Waals surface area contributed by atoms with Crippen molar-refractivity contribution in [2.75, 3.05) is 40.9 Å². The Morgan fingerprint density at radius 1 is 1.30 bits per heavy atom.